The summed E-state index contributed by atoms with van der Waals surface area (Å²) >= 11 is 5.96. The van der Waals surface area contributed by atoms with Crippen molar-refractivity contribution < 1.29 is 32.6 Å². The van der Waals surface area contributed by atoms with E-state index < -0.39 is 28.9 Å². The SMILES string of the molecule is CC1(O)C(=O)C2=COC(c3ccc(C(F)(F)F)cc3)=CC2=C(Cl)C1=O. The van der Waals surface area contributed by atoms with Gasteiger partial charge in [0.1, 0.15) is 12.0 Å². The van der Waals surface area contributed by atoms with Crippen molar-refractivity contribution in [1.29, 1.82) is 0 Å². The fraction of sp³-hybridized carbons (Fsp3) is 0.176. The van der Waals surface area contributed by atoms with E-state index >= 15 is 0 Å². The van der Waals surface area contributed by atoms with E-state index in [1.54, 1.807) is 0 Å². The summed E-state index contributed by atoms with van der Waals surface area (Å²) in [5.74, 6) is -1.69. The van der Waals surface area contributed by atoms with Gasteiger partial charge in [-0.25, -0.2) is 0 Å². The summed E-state index contributed by atoms with van der Waals surface area (Å²) in [5, 5.41) is 9.63. The number of carbonyl (C=O) groups is 2. The van der Waals surface area contributed by atoms with Crippen LogP contribution in [0.15, 0.2) is 52.8 Å². The maximum atomic E-state index is 12.6. The maximum Gasteiger partial charge on any atom is 0.416 e. The maximum absolute atomic E-state index is 12.6. The normalized spacial score (nSPS) is 23.8. The van der Waals surface area contributed by atoms with Gasteiger partial charge in [-0.3, -0.25) is 9.59 Å². The molecule has 0 bridgehead atoms. The molecule has 1 unspecified atom stereocenters. The molecule has 1 aromatic rings. The quantitative estimate of drug-likeness (QED) is 0.770. The molecular weight excluding hydrogens is 361 g/mol. The molecule has 25 heavy (non-hydrogen) atoms. The molecular formula is C17H10ClF3O4. The predicted molar refractivity (Wildman–Crippen MR) is 82.1 cm³/mol. The van der Waals surface area contributed by atoms with E-state index in [2.05, 4.69) is 0 Å². The fourth-order valence-electron chi connectivity index (χ4n) is 2.46. The predicted octanol–water partition coefficient (Wildman–Crippen LogP) is 3.36. The number of alkyl halides is 3. The highest BCUT2D eigenvalue weighted by Gasteiger charge is 2.48. The number of halogens is 4. The van der Waals surface area contributed by atoms with Crippen LogP contribution in [0.5, 0.6) is 0 Å². The van der Waals surface area contributed by atoms with Gasteiger partial charge in [0.25, 0.3) is 0 Å². The van der Waals surface area contributed by atoms with Crippen LogP contribution in [0.3, 0.4) is 0 Å². The van der Waals surface area contributed by atoms with Gasteiger partial charge in [0, 0.05) is 11.1 Å². The van der Waals surface area contributed by atoms with Gasteiger partial charge in [-0.05, 0) is 25.1 Å². The topological polar surface area (TPSA) is 63.6 Å². The van der Waals surface area contributed by atoms with E-state index in [-0.39, 0.29) is 21.9 Å². The van der Waals surface area contributed by atoms with Gasteiger partial charge >= 0.3 is 6.18 Å². The van der Waals surface area contributed by atoms with Crippen molar-refractivity contribution >= 4 is 28.9 Å². The number of hydrogen-bond acceptors (Lipinski definition) is 4. The molecule has 130 valence electrons. The van der Waals surface area contributed by atoms with Crippen LogP contribution in [-0.2, 0) is 20.5 Å². The minimum atomic E-state index is -4.47. The Labute approximate surface area is 144 Å². The van der Waals surface area contributed by atoms with Crippen molar-refractivity contribution in [2.45, 2.75) is 18.7 Å². The van der Waals surface area contributed by atoms with E-state index in [4.69, 9.17) is 16.3 Å². The Morgan fingerprint density at radius 2 is 1.72 bits per heavy atom. The minimum Gasteiger partial charge on any atom is -0.464 e. The lowest BCUT2D eigenvalue weighted by Gasteiger charge is -2.29. The van der Waals surface area contributed by atoms with Gasteiger partial charge < -0.3 is 9.84 Å². The second kappa shape index (κ2) is 5.57. The first kappa shape index (κ1) is 17.4. The Kier molecular flexibility index (Phi) is 3.89. The molecule has 0 radical (unpaired) electrons. The van der Waals surface area contributed by atoms with Gasteiger partial charge in [0.15, 0.2) is 5.60 Å². The Hall–Kier alpha value is -2.38. The molecule has 1 aromatic carbocycles. The zero-order chi connectivity index (χ0) is 18.6. The van der Waals surface area contributed by atoms with Gasteiger partial charge in [-0.1, -0.05) is 23.7 Å². The van der Waals surface area contributed by atoms with Crippen LogP contribution < -0.4 is 0 Å². The molecule has 1 aliphatic carbocycles. The highest BCUT2D eigenvalue weighted by molar-refractivity contribution is 6.49. The number of rotatable bonds is 1. The summed E-state index contributed by atoms with van der Waals surface area (Å²) in [5.41, 5.74) is -2.82. The van der Waals surface area contributed by atoms with E-state index in [1.807, 2.05) is 0 Å². The van der Waals surface area contributed by atoms with Crippen molar-refractivity contribution in [1.82, 2.24) is 0 Å². The number of ether oxygens (including phenoxy) is 1. The summed E-state index contributed by atoms with van der Waals surface area (Å²) in [6.45, 7) is 1.03. The molecule has 0 amide bonds. The Balaban J connectivity index is 2.02. The van der Waals surface area contributed by atoms with Crippen molar-refractivity contribution in [3.8, 4) is 0 Å². The molecule has 8 heteroatoms. The molecule has 2 aliphatic rings. The summed E-state index contributed by atoms with van der Waals surface area (Å²) in [6.07, 6.45) is -2.16. The number of ketones is 2. The van der Waals surface area contributed by atoms with E-state index in [9.17, 15) is 27.9 Å². The Morgan fingerprint density at radius 3 is 2.28 bits per heavy atom. The molecule has 3 rings (SSSR count). The third-order valence-corrected chi connectivity index (χ3v) is 4.31. The molecule has 0 spiro atoms. The second-order valence-electron chi connectivity index (χ2n) is 5.69. The van der Waals surface area contributed by atoms with Crippen LogP contribution in [0.1, 0.15) is 18.1 Å². The van der Waals surface area contributed by atoms with Crippen LogP contribution in [0.4, 0.5) is 13.2 Å². The fourth-order valence-corrected chi connectivity index (χ4v) is 2.80. The van der Waals surface area contributed by atoms with Crippen molar-refractivity contribution in [2.75, 3.05) is 0 Å². The van der Waals surface area contributed by atoms with Gasteiger partial charge in [-0.15, -0.1) is 0 Å². The number of hydrogen-bond donors (Lipinski definition) is 1. The third-order valence-electron chi connectivity index (χ3n) is 3.93. The summed E-state index contributed by atoms with van der Waals surface area (Å²) in [4.78, 5) is 24.2. The molecule has 1 heterocycles. The van der Waals surface area contributed by atoms with Crippen molar-refractivity contribution in [3.05, 3.63) is 63.9 Å². The number of aliphatic hydroxyl groups is 1. The monoisotopic (exact) mass is 370 g/mol. The zero-order valence-electron chi connectivity index (χ0n) is 12.6. The van der Waals surface area contributed by atoms with Gasteiger partial charge in [0.05, 0.1) is 16.2 Å². The number of Topliss-reactive ketones (excluding diaryl/α,β-unsaturated/α-hetero) is 2. The first-order valence-corrected chi connectivity index (χ1v) is 7.39. The van der Waals surface area contributed by atoms with Crippen molar-refractivity contribution in [3.63, 3.8) is 0 Å². The van der Waals surface area contributed by atoms with E-state index in [0.717, 1.165) is 25.3 Å². The highest BCUT2D eigenvalue weighted by Crippen LogP contribution is 2.39. The molecule has 0 saturated carbocycles. The zero-order valence-corrected chi connectivity index (χ0v) is 13.4. The standard InChI is InChI=1S/C17H10ClF3O4/c1-16(24)14(22)11-7-25-12(6-10(11)13(18)15(16)23)8-2-4-9(5-3-8)17(19,20)21/h2-7,24H,1H3. The largest absolute Gasteiger partial charge is 0.464 e. The van der Waals surface area contributed by atoms with Crippen LogP contribution in [0.2, 0.25) is 0 Å². The van der Waals surface area contributed by atoms with Crippen LogP contribution in [-0.4, -0.2) is 22.3 Å². The smallest absolute Gasteiger partial charge is 0.416 e. The molecule has 1 aliphatic heterocycles. The molecule has 0 saturated heterocycles. The second-order valence-corrected chi connectivity index (χ2v) is 6.07. The lowest BCUT2D eigenvalue weighted by atomic mass is 9.80. The molecule has 0 aromatic heterocycles. The summed E-state index contributed by atoms with van der Waals surface area (Å²) in [6, 6.07) is 4.17. The first-order valence-electron chi connectivity index (χ1n) is 7.02. The Bertz CT molecular complexity index is 874. The van der Waals surface area contributed by atoms with Crippen molar-refractivity contribution in [2.24, 2.45) is 0 Å². The Morgan fingerprint density at radius 1 is 1.12 bits per heavy atom. The third kappa shape index (κ3) is 2.79. The van der Waals surface area contributed by atoms with Crippen LogP contribution >= 0.6 is 11.6 Å². The number of fused-ring (bicyclic) bond motifs is 1. The van der Waals surface area contributed by atoms with Gasteiger partial charge in [0.2, 0.25) is 11.6 Å². The average molecular weight is 371 g/mol. The van der Waals surface area contributed by atoms with E-state index in [0.29, 0.717) is 5.56 Å². The van der Waals surface area contributed by atoms with E-state index in [1.165, 1.54) is 18.2 Å². The lowest BCUT2D eigenvalue weighted by Crippen LogP contribution is -2.48. The summed E-state index contributed by atoms with van der Waals surface area (Å²) < 4.78 is 43.1. The lowest BCUT2D eigenvalue weighted by molar-refractivity contribution is -0.144. The molecule has 1 atom stereocenters. The molecule has 0 fully saturated rings. The van der Waals surface area contributed by atoms with Gasteiger partial charge in [-0.2, -0.15) is 13.2 Å². The number of allylic oxidation sites excluding steroid dienone is 2. The minimum absolute atomic E-state index is 0.0596. The first-order chi connectivity index (χ1) is 11.5. The number of benzene rings is 1. The molecule has 1 N–H and O–H groups in total. The van der Waals surface area contributed by atoms with Crippen LogP contribution in [0.25, 0.3) is 5.76 Å². The van der Waals surface area contributed by atoms with Crippen LogP contribution in [0, 0.1) is 0 Å². The highest BCUT2D eigenvalue weighted by atomic mass is 35.5. The summed E-state index contributed by atoms with van der Waals surface area (Å²) in [7, 11) is 0. The average Bonchev–Trinajstić information content (AvgIpc) is 2.57. The molecule has 4 nitrogen and oxygen atoms in total. The number of carbonyl (C=O) groups excluding carboxylic acids is 2.